The van der Waals surface area contributed by atoms with Crippen molar-refractivity contribution in [1.29, 1.82) is 0 Å². The van der Waals surface area contributed by atoms with Crippen molar-refractivity contribution in [2.45, 2.75) is 6.42 Å². The van der Waals surface area contributed by atoms with Crippen molar-refractivity contribution in [2.75, 3.05) is 18.7 Å². The standard InChI is InChI=1S/C21H19ClFN5O2.ClH/c1-28-8-7-24-20(28)6-9-29-15-3-4-16-19(11-15)25-12-26-21(16)30-13-27-18-5-2-14(22)10-17(18)23;/h2-5,7-8,10-12,27H,6,9,13H2,1H3;1H. The number of rotatable bonds is 8. The molecule has 162 valence electrons. The summed E-state index contributed by atoms with van der Waals surface area (Å²) in [5.74, 6) is 1.59. The summed E-state index contributed by atoms with van der Waals surface area (Å²) < 4.78 is 27.3. The summed E-state index contributed by atoms with van der Waals surface area (Å²) >= 11 is 5.76. The maximum Gasteiger partial charge on any atom is 0.226 e. The van der Waals surface area contributed by atoms with Crippen LogP contribution >= 0.6 is 24.0 Å². The molecule has 10 heteroatoms. The molecule has 0 saturated heterocycles. The van der Waals surface area contributed by atoms with Crippen LogP contribution in [0.4, 0.5) is 10.1 Å². The molecular weight excluding hydrogens is 444 g/mol. The lowest BCUT2D eigenvalue weighted by molar-refractivity contribution is 0.317. The molecule has 0 unspecified atom stereocenters. The van der Waals surface area contributed by atoms with Gasteiger partial charge in [-0.25, -0.2) is 19.3 Å². The van der Waals surface area contributed by atoms with Crippen LogP contribution in [0.5, 0.6) is 11.6 Å². The van der Waals surface area contributed by atoms with Crippen molar-refractivity contribution < 1.29 is 13.9 Å². The van der Waals surface area contributed by atoms with Gasteiger partial charge < -0.3 is 19.4 Å². The minimum Gasteiger partial charge on any atom is -0.493 e. The van der Waals surface area contributed by atoms with Crippen molar-refractivity contribution in [3.05, 3.63) is 71.8 Å². The van der Waals surface area contributed by atoms with E-state index in [2.05, 4.69) is 20.3 Å². The predicted octanol–water partition coefficient (Wildman–Crippen LogP) is 4.65. The van der Waals surface area contributed by atoms with Gasteiger partial charge in [-0.05, 0) is 30.3 Å². The summed E-state index contributed by atoms with van der Waals surface area (Å²) in [5.41, 5.74) is 0.980. The highest BCUT2D eigenvalue weighted by atomic mass is 35.5. The van der Waals surface area contributed by atoms with Crippen molar-refractivity contribution in [3.63, 3.8) is 0 Å². The lowest BCUT2D eigenvalue weighted by Gasteiger charge is -2.11. The second-order valence-corrected chi connectivity index (χ2v) is 6.94. The van der Waals surface area contributed by atoms with Crippen LogP contribution in [0.1, 0.15) is 5.82 Å². The van der Waals surface area contributed by atoms with Gasteiger partial charge >= 0.3 is 0 Å². The van der Waals surface area contributed by atoms with Crippen LogP contribution in [0.2, 0.25) is 5.02 Å². The van der Waals surface area contributed by atoms with E-state index in [4.69, 9.17) is 21.1 Å². The molecule has 0 bridgehead atoms. The van der Waals surface area contributed by atoms with Gasteiger partial charge in [-0.1, -0.05) is 11.6 Å². The molecule has 4 aromatic rings. The Morgan fingerprint density at radius 3 is 2.74 bits per heavy atom. The first-order chi connectivity index (χ1) is 14.6. The number of benzene rings is 2. The molecule has 0 atom stereocenters. The van der Waals surface area contributed by atoms with Crippen LogP contribution < -0.4 is 14.8 Å². The first-order valence-electron chi connectivity index (χ1n) is 9.25. The summed E-state index contributed by atoms with van der Waals surface area (Å²) in [6.07, 6.45) is 5.78. The number of nitrogens with one attached hydrogen (secondary N) is 1. The number of nitrogens with zero attached hydrogens (tertiary/aromatic N) is 4. The zero-order valence-electron chi connectivity index (χ0n) is 16.6. The molecule has 2 aromatic heterocycles. The monoisotopic (exact) mass is 463 g/mol. The number of hydrogen-bond acceptors (Lipinski definition) is 6. The number of halogens is 3. The van der Waals surface area contributed by atoms with Crippen molar-refractivity contribution >= 4 is 40.6 Å². The van der Waals surface area contributed by atoms with Crippen molar-refractivity contribution in [3.8, 4) is 11.6 Å². The van der Waals surface area contributed by atoms with E-state index in [1.807, 2.05) is 36.0 Å². The van der Waals surface area contributed by atoms with Gasteiger partial charge in [0.2, 0.25) is 5.88 Å². The summed E-state index contributed by atoms with van der Waals surface area (Å²) in [6, 6.07) is 9.89. The Labute approximate surface area is 189 Å². The Hall–Kier alpha value is -3.10. The number of aryl methyl sites for hydroxylation is 1. The molecule has 0 amide bonds. The molecule has 0 fully saturated rings. The van der Waals surface area contributed by atoms with E-state index >= 15 is 0 Å². The molecule has 0 aliphatic rings. The van der Waals surface area contributed by atoms with Crippen LogP contribution in [0.3, 0.4) is 0 Å². The fourth-order valence-electron chi connectivity index (χ4n) is 2.93. The lowest BCUT2D eigenvalue weighted by atomic mass is 10.2. The smallest absolute Gasteiger partial charge is 0.226 e. The molecule has 0 radical (unpaired) electrons. The third-order valence-corrected chi connectivity index (χ3v) is 4.72. The molecule has 2 aromatic carbocycles. The lowest BCUT2D eigenvalue weighted by Crippen LogP contribution is -2.11. The van der Waals surface area contributed by atoms with Gasteiger partial charge in [0.1, 0.15) is 23.7 Å². The van der Waals surface area contributed by atoms with Gasteiger partial charge in [-0.2, -0.15) is 0 Å². The zero-order chi connectivity index (χ0) is 20.9. The maximum atomic E-state index is 13.8. The van der Waals surface area contributed by atoms with Crippen LogP contribution in [-0.4, -0.2) is 32.9 Å². The Kier molecular flexibility index (Phi) is 7.49. The van der Waals surface area contributed by atoms with Gasteiger partial charge in [0.05, 0.1) is 23.2 Å². The number of aromatic nitrogens is 4. The van der Waals surface area contributed by atoms with Crippen LogP contribution in [0, 0.1) is 5.82 Å². The second-order valence-electron chi connectivity index (χ2n) is 6.50. The summed E-state index contributed by atoms with van der Waals surface area (Å²) in [7, 11) is 1.95. The highest BCUT2D eigenvalue weighted by molar-refractivity contribution is 6.30. The predicted molar refractivity (Wildman–Crippen MR) is 120 cm³/mol. The molecule has 0 aliphatic carbocycles. The van der Waals surface area contributed by atoms with Gasteiger partial charge in [-0.3, -0.25) is 0 Å². The number of imidazole rings is 1. The van der Waals surface area contributed by atoms with E-state index < -0.39 is 5.82 Å². The minimum absolute atomic E-state index is 0. The number of fused-ring (bicyclic) bond motifs is 1. The molecule has 4 rings (SSSR count). The van der Waals surface area contributed by atoms with E-state index in [1.165, 1.54) is 12.4 Å². The molecule has 2 heterocycles. The average Bonchev–Trinajstić information content (AvgIpc) is 3.14. The summed E-state index contributed by atoms with van der Waals surface area (Å²) in [5, 5.41) is 3.92. The number of anilines is 1. The number of hydrogen-bond donors (Lipinski definition) is 1. The number of ether oxygens (including phenoxy) is 2. The zero-order valence-corrected chi connectivity index (χ0v) is 18.2. The Morgan fingerprint density at radius 1 is 1.10 bits per heavy atom. The molecule has 7 nitrogen and oxygen atoms in total. The fourth-order valence-corrected chi connectivity index (χ4v) is 3.09. The van der Waals surface area contributed by atoms with E-state index in [0.717, 1.165) is 11.2 Å². The van der Waals surface area contributed by atoms with Gasteiger partial charge in [0.15, 0.2) is 6.73 Å². The maximum absolute atomic E-state index is 13.8. The van der Waals surface area contributed by atoms with E-state index in [-0.39, 0.29) is 19.1 Å². The van der Waals surface area contributed by atoms with Crippen LogP contribution in [-0.2, 0) is 13.5 Å². The van der Waals surface area contributed by atoms with E-state index in [0.29, 0.717) is 40.9 Å². The Morgan fingerprint density at radius 2 is 1.97 bits per heavy atom. The topological polar surface area (TPSA) is 74.1 Å². The van der Waals surface area contributed by atoms with E-state index in [1.54, 1.807) is 18.3 Å². The average molecular weight is 464 g/mol. The van der Waals surface area contributed by atoms with Gasteiger partial charge in [0.25, 0.3) is 0 Å². The van der Waals surface area contributed by atoms with E-state index in [9.17, 15) is 4.39 Å². The Bertz CT molecular complexity index is 1170. The molecule has 0 aliphatic heterocycles. The SMILES string of the molecule is Cl.Cn1ccnc1CCOc1ccc2c(OCNc3ccc(Cl)cc3F)ncnc2c1. The largest absolute Gasteiger partial charge is 0.493 e. The highest BCUT2D eigenvalue weighted by Gasteiger charge is 2.08. The molecule has 31 heavy (non-hydrogen) atoms. The highest BCUT2D eigenvalue weighted by Crippen LogP contribution is 2.26. The first kappa shape index (κ1) is 22.6. The molecule has 1 N–H and O–H groups in total. The second kappa shape index (κ2) is 10.3. The summed E-state index contributed by atoms with van der Waals surface area (Å²) in [4.78, 5) is 12.7. The van der Waals surface area contributed by atoms with Crippen molar-refractivity contribution in [1.82, 2.24) is 19.5 Å². The fraction of sp³-hybridized carbons (Fsp3) is 0.190. The van der Waals surface area contributed by atoms with Gasteiger partial charge in [-0.15, -0.1) is 12.4 Å². The first-order valence-corrected chi connectivity index (χ1v) is 9.63. The third kappa shape index (κ3) is 5.53. The van der Waals surface area contributed by atoms with Gasteiger partial charge in [0, 0.05) is 37.0 Å². The van der Waals surface area contributed by atoms with Crippen LogP contribution in [0.15, 0.2) is 55.1 Å². The summed E-state index contributed by atoms with van der Waals surface area (Å²) in [6.45, 7) is 0.536. The molecule has 0 spiro atoms. The molecular formula is C21H20Cl2FN5O2. The quantitative estimate of drug-likeness (QED) is 0.383. The third-order valence-electron chi connectivity index (χ3n) is 4.49. The van der Waals surface area contributed by atoms with Crippen LogP contribution in [0.25, 0.3) is 10.9 Å². The Balaban J connectivity index is 0.00000272. The normalized spacial score (nSPS) is 10.5. The minimum atomic E-state index is -0.453. The molecule has 0 saturated carbocycles. The van der Waals surface area contributed by atoms with Crippen molar-refractivity contribution in [2.24, 2.45) is 7.05 Å².